The Kier molecular flexibility index (Phi) is 4.05. The summed E-state index contributed by atoms with van der Waals surface area (Å²) in [5, 5.41) is 4.35. The Morgan fingerprint density at radius 1 is 1.07 bits per heavy atom. The summed E-state index contributed by atoms with van der Waals surface area (Å²) in [5.41, 5.74) is 3.12. The molecule has 134 valence electrons. The van der Waals surface area contributed by atoms with E-state index in [1.54, 1.807) is 0 Å². The van der Waals surface area contributed by atoms with Gasteiger partial charge in [-0.3, -0.25) is 4.79 Å². The molecule has 27 heavy (non-hydrogen) atoms. The van der Waals surface area contributed by atoms with Crippen LogP contribution >= 0.6 is 11.8 Å². The highest BCUT2D eigenvalue weighted by Gasteiger charge is 2.30. The predicted octanol–water partition coefficient (Wildman–Crippen LogP) is 4.49. The maximum absolute atomic E-state index is 12.9. The number of nitrogens with zero attached hydrogens (tertiary/aromatic N) is 2. The van der Waals surface area contributed by atoms with Crippen LogP contribution in [0.15, 0.2) is 70.4 Å². The highest BCUT2D eigenvalue weighted by molar-refractivity contribution is 8.00. The zero-order valence-electron chi connectivity index (χ0n) is 14.5. The lowest BCUT2D eigenvalue weighted by Crippen LogP contribution is -2.29. The molecule has 0 unspecified atom stereocenters. The quantitative estimate of drug-likeness (QED) is 0.411. The van der Waals surface area contributed by atoms with E-state index >= 15 is 0 Å². The minimum Gasteiger partial charge on any atom is -0.451 e. The third-order valence-corrected chi connectivity index (χ3v) is 5.86. The van der Waals surface area contributed by atoms with Gasteiger partial charge in [0.05, 0.1) is 0 Å². The molecule has 4 aromatic rings. The number of carbonyl (C=O) groups is 1. The first kappa shape index (κ1) is 16.3. The molecule has 0 radical (unpaired) electrons. The standard InChI is InChI=1S/C21H17N3O2S/c25-20(24-14-10-11-14)19(13-6-2-1-3-7-13)27-21-18-17(22-12-23-21)15-8-4-5-9-16(15)26-18/h1-9,12,14,19H,10-11H2,(H,24,25)/t19-/m0/s1. The molecule has 1 saturated carbocycles. The summed E-state index contributed by atoms with van der Waals surface area (Å²) in [7, 11) is 0. The fourth-order valence-corrected chi connectivity index (χ4v) is 4.15. The molecule has 2 aromatic heterocycles. The molecular formula is C21H17N3O2S. The van der Waals surface area contributed by atoms with Gasteiger partial charge in [-0.15, -0.1) is 0 Å². The van der Waals surface area contributed by atoms with Crippen molar-refractivity contribution >= 4 is 39.7 Å². The molecule has 1 amide bonds. The van der Waals surface area contributed by atoms with Gasteiger partial charge in [0, 0.05) is 11.4 Å². The fraction of sp³-hybridized carbons (Fsp3) is 0.190. The van der Waals surface area contributed by atoms with E-state index in [-0.39, 0.29) is 5.91 Å². The van der Waals surface area contributed by atoms with E-state index < -0.39 is 5.25 Å². The molecule has 1 aliphatic rings. The van der Waals surface area contributed by atoms with Gasteiger partial charge in [0.1, 0.15) is 27.7 Å². The summed E-state index contributed by atoms with van der Waals surface area (Å²) in [4.78, 5) is 21.7. The minimum absolute atomic E-state index is 0.0107. The van der Waals surface area contributed by atoms with Gasteiger partial charge in [-0.1, -0.05) is 54.2 Å². The monoisotopic (exact) mass is 375 g/mol. The molecule has 2 heterocycles. The van der Waals surface area contributed by atoms with Crippen molar-refractivity contribution in [2.45, 2.75) is 29.2 Å². The van der Waals surface area contributed by atoms with Crippen LogP contribution in [-0.4, -0.2) is 21.9 Å². The van der Waals surface area contributed by atoms with E-state index in [9.17, 15) is 4.79 Å². The summed E-state index contributed by atoms with van der Waals surface area (Å²) in [6.07, 6.45) is 3.64. The first-order valence-electron chi connectivity index (χ1n) is 8.94. The van der Waals surface area contributed by atoms with Crippen LogP contribution in [0, 0.1) is 0 Å². The molecule has 0 spiro atoms. The molecule has 1 atom stereocenters. The van der Waals surface area contributed by atoms with Crippen LogP contribution in [0.1, 0.15) is 23.7 Å². The van der Waals surface area contributed by atoms with Gasteiger partial charge in [0.2, 0.25) is 5.91 Å². The van der Waals surface area contributed by atoms with Crippen molar-refractivity contribution in [3.8, 4) is 0 Å². The van der Waals surface area contributed by atoms with E-state index in [2.05, 4.69) is 15.3 Å². The molecule has 1 N–H and O–H groups in total. The second-order valence-electron chi connectivity index (χ2n) is 6.65. The minimum atomic E-state index is -0.391. The summed E-state index contributed by atoms with van der Waals surface area (Å²) in [6.45, 7) is 0. The maximum atomic E-state index is 12.9. The third kappa shape index (κ3) is 3.17. The summed E-state index contributed by atoms with van der Waals surface area (Å²) in [5.74, 6) is 0.0107. The van der Waals surface area contributed by atoms with Crippen LogP contribution in [0.2, 0.25) is 0 Å². The summed E-state index contributed by atoms with van der Waals surface area (Å²) >= 11 is 1.41. The van der Waals surface area contributed by atoms with Crippen molar-refractivity contribution < 1.29 is 9.21 Å². The lowest BCUT2D eigenvalue weighted by Gasteiger charge is -2.16. The van der Waals surface area contributed by atoms with Crippen LogP contribution in [-0.2, 0) is 4.79 Å². The normalized spacial score (nSPS) is 15.1. The summed E-state index contributed by atoms with van der Waals surface area (Å²) in [6, 6.07) is 17.9. The van der Waals surface area contributed by atoms with Crippen LogP contribution in [0.4, 0.5) is 0 Å². The molecule has 0 saturated heterocycles. The number of hydrogen-bond acceptors (Lipinski definition) is 5. The average Bonchev–Trinajstić information content (AvgIpc) is 3.44. The van der Waals surface area contributed by atoms with Crippen molar-refractivity contribution in [1.82, 2.24) is 15.3 Å². The van der Waals surface area contributed by atoms with Crippen LogP contribution < -0.4 is 5.32 Å². The van der Waals surface area contributed by atoms with Gasteiger partial charge < -0.3 is 9.73 Å². The Morgan fingerprint density at radius 2 is 1.85 bits per heavy atom. The number of aromatic nitrogens is 2. The number of furan rings is 1. The van der Waals surface area contributed by atoms with Gasteiger partial charge in [-0.2, -0.15) is 0 Å². The Morgan fingerprint density at radius 3 is 2.67 bits per heavy atom. The number of carbonyl (C=O) groups excluding carboxylic acids is 1. The second kappa shape index (κ2) is 6.70. The van der Waals surface area contributed by atoms with Gasteiger partial charge >= 0.3 is 0 Å². The Labute approximate surface area is 160 Å². The number of para-hydroxylation sites is 1. The first-order chi connectivity index (χ1) is 13.3. The van der Waals surface area contributed by atoms with Crippen LogP contribution in [0.3, 0.4) is 0 Å². The maximum Gasteiger partial charge on any atom is 0.238 e. The Hall–Kier alpha value is -2.86. The highest BCUT2D eigenvalue weighted by Crippen LogP contribution is 2.40. The van der Waals surface area contributed by atoms with Crippen LogP contribution in [0.5, 0.6) is 0 Å². The first-order valence-corrected chi connectivity index (χ1v) is 9.82. The lowest BCUT2D eigenvalue weighted by atomic mass is 10.1. The average molecular weight is 375 g/mol. The molecule has 1 aliphatic carbocycles. The smallest absolute Gasteiger partial charge is 0.238 e. The van der Waals surface area contributed by atoms with Gasteiger partial charge in [0.15, 0.2) is 5.58 Å². The van der Waals surface area contributed by atoms with E-state index in [1.807, 2.05) is 54.6 Å². The van der Waals surface area contributed by atoms with Gasteiger partial charge in [0.25, 0.3) is 0 Å². The van der Waals surface area contributed by atoms with Crippen molar-refractivity contribution in [1.29, 1.82) is 0 Å². The molecule has 0 aliphatic heterocycles. The lowest BCUT2D eigenvalue weighted by molar-refractivity contribution is -0.120. The molecule has 5 nitrogen and oxygen atoms in total. The van der Waals surface area contributed by atoms with E-state index in [0.29, 0.717) is 16.7 Å². The predicted molar refractivity (Wildman–Crippen MR) is 106 cm³/mol. The van der Waals surface area contributed by atoms with E-state index in [1.165, 1.54) is 18.1 Å². The molecular weight excluding hydrogens is 358 g/mol. The zero-order valence-corrected chi connectivity index (χ0v) is 15.3. The summed E-state index contributed by atoms with van der Waals surface area (Å²) < 4.78 is 6.02. The number of hydrogen-bond donors (Lipinski definition) is 1. The third-order valence-electron chi connectivity index (χ3n) is 4.62. The number of amides is 1. The molecule has 6 heteroatoms. The van der Waals surface area contributed by atoms with Crippen molar-refractivity contribution in [2.75, 3.05) is 0 Å². The molecule has 0 bridgehead atoms. The topological polar surface area (TPSA) is 68.0 Å². The molecule has 5 rings (SSSR count). The zero-order chi connectivity index (χ0) is 18.2. The van der Waals surface area contributed by atoms with E-state index in [0.717, 1.165) is 34.9 Å². The fourth-order valence-electron chi connectivity index (χ4n) is 3.10. The number of benzene rings is 2. The number of nitrogens with one attached hydrogen (secondary N) is 1. The number of rotatable bonds is 5. The molecule has 2 aromatic carbocycles. The van der Waals surface area contributed by atoms with Crippen molar-refractivity contribution in [2.24, 2.45) is 0 Å². The number of thioether (sulfide) groups is 1. The van der Waals surface area contributed by atoms with Gasteiger partial charge in [-0.25, -0.2) is 9.97 Å². The van der Waals surface area contributed by atoms with Crippen LogP contribution in [0.25, 0.3) is 22.1 Å². The second-order valence-corrected chi connectivity index (χ2v) is 7.74. The SMILES string of the molecule is O=C(NC1CC1)[C@@H](Sc1ncnc2c1oc1ccccc12)c1ccccc1. The van der Waals surface area contributed by atoms with Gasteiger partial charge in [-0.05, 0) is 30.5 Å². The van der Waals surface area contributed by atoms with Crippen molar-refractivity contribution in [3.05, 3.63) is 66.5 Å². The Balaban J connectivity index is 1.56. The highest BCUT2D eigenvalue weighted by atomic mass is 32.2. The van der Waals surface area contributed by atoms with E-state index in [4.69, 9.17) is 4.42 Å². The Bertz CT molecular complexity index is 1120. The largest absolute Gasteiger partial charge is 0.451 e. The molecule has 1 fully saturated rings. The van der Waals surface area contributed by atoms with Crippen molar-refractivity contribution in [3.63, 3.8) is 0 Å². The number of fused-ring (bicyclic) bond motifs is 3.